The molecule has 0 saturated carbocycles. The lowest BCUT2D eigenvalue weighted by molar-refractivity contribution is -0.00467. The van der Waals surface area contributed by atoms with E-state index in [0.29, 0.717) is 0 Å². The molecule has 2 heterocycles. The normalized spacial score (nSPS) is 33.7. The lowest BCUT2D eigenvalue weighted by Gasteiger charge is -2.29. The quantitative estimate of drug-likeness (QED) is 0.786. The summed E-state index contributed by atoms with van der Waals surface area (Å²) in [6.45, 7) is 13.8. The molecule has 2 unspecified atom stereocenters. The highest BCUT2D eigenvalue weighted by molar-refractivity contribution is 4.87. The summed E-state index contributed by atoms with van der Waals surface area (Å²) in [5, 5.41) is 3.59. The summed E-state index contributed by atoms with van der Waals surface area (Å²) in [5.41, 5.74) is 0.139. The molecule has 2 atom stereocenters. The Bertz CT molecular complexity index is 249. The van der Waals surface area contributed by atoms with Crippen molar-refractivity contribution >= 4 is 0 Å². The fourth-order valence-electron chi connectivity index (χ4n) is 3.23. The van der Waals surface area contributed by atoms with E-state index in [4.69, 9.17) is 4.74 Å². The summed E-state index contributed by atoms with van der Waals surface area (Å²) < 4.78 is 5.89. The predicted octanol–water partition coefficient (Wildman–Crippen LogP) is 2.12. The molecule has 3 nitrogen and oxygen atoms in total. The Balaban J connectivity index is 1.65. The lowest BCUT2D eigenvalue weighted by Crippen LogP contribution is -2.39. The van der Waals surface area contributed by atoms with Gasteiger partial charge in [0.25, 0.3) is 0 Å². The number of hydrogen-bond donors (Lipinski definition) is 1. The maximum absolute atomic E-state index is 5.89. The first-order chi connectivity index (χ1) is 8.57. The van der Waals surface area contributed by atoms with Gasteiger partial charge in [-0.1, -0.05) is 13.8 Å². The van der Waals surface area contributed by atoms with Crippen molar-refractivity contribution in [2.45, 2.75) is 45.6 Å². The maximum Gasteiger partial charge on any atom is 0.0781 e. The van der Waals surface area contributed by atoms with Gasteiger partial charge in [-0.15, -0.1) is 0 Å². The molecule has 2 aliphatic rings. The molecule has 18 heavy (non-hydrogen) atoms. The fourth-order valence-corrected chi connectivity index (χ4v) is 3.23. The van der Waals surface area contributed by atoms with E-state index in [-0.39, 0.29) is 5.60 Å². The monoisotopic (exact) mass is 254 g/mol. The van der Waals surface area contributed by atoms with Crippen LogP contribution in [0.2, 0.25) is 0 Å². The minimum atomic E-state index is 0.139. The highest BCUT2D eigenvalue weighted by Gasteiger charge is 2.34. The Morgan fingerprint density at radius 3 is 2.94 bits per heavy atom. The largest absolute Gasteiger partial charge is 0.374 e. The van der Waals surface area contributed by atoms with Crippen LogP contribution < -0.4 is 5.32 Å². The van der Waals surface area contributed by atoms with Crippen molar-refractivity contribution in [1.29, 1.82) is 0 Å². The van der Waals surface area contributed by atoms with E-state index in [0.717, 1.165) is 31.5 Å². The highest BCUT2D eigenvalue weighted by Crippen LogP contribution is 2.28. The zero-order chi connectivity index (χ0) is 13.0. The van der Waals surface area contributed by atoms with Crippen LogP contribution in [0.1, 0.15) is 40.0 Å². The smallest absolute Gasteiger partial charge is 0.0781 e. The van der Waals surface area contributed by atoms with E-state index in [1.807, 2.05) is 0 Å². The number of ether oxygens (including phenoxy) is 1. The summed E-state index contributed by atoms with van der Waals surface area (Å²) in [4.78, 5) is 2.60. The van der Waals surface area contributed by atoms with Gasteiger partial charge >= 0.3 is 0 Å². The molecule has 0 aromatic heterocycles. The minimum Gasteiger partial charge on any atom is -0.374 e. The Morgan fingerprint density at radius 2 is 2.28 bits per heavy atom. The summed E-state index contributed by atoms with van der Waals surface area (Å²) in [6.07, 6.45) is 3.82. The third-order valence-electron chi connectivity index (χ3n) is 4.21. The van der Waals surface area contributed by atoms with Gasteiger partial charge in [0.15, 0.2) is 0 Å². The van der Waals surface area contributed by atoms with Gasteiger partial charge in [-0.3, -0.25) is 0 Å². The number of likely N-dealkylation sites (tertiary alicyclic amines) is 1. The third kappa shape index (κ3) is 4.22. The van der Waals surface area contributed by atoms with E-state index in [9.17, 15) is 0 Å². The molecular formula is C15H30N2O. The molecule has 0 aromatic carbocycles. The molecule has 0 aromatic rings. The molecule has 2 saturated heterocycles. The van der Waals surface area contributed by atoms with Crippen molar-refractivity contribution in [3.63, 3.8) is 0 Å². The molecule has 2 fully saturated rings. The molecule has 106 valence electrons. The van der Waals surface area contributed by atoms with Gasteiger partial charge in [-0.25, -0.2) is 0 Å². The van der Waals surface area contributed by atoms with E-state index >= 15 is 0 Å². The van der Waals surface area contributed by atoms with Crippen LogP contribution in [-0.2, 0) is 4.74 Å². The molecule has 1 N–H and O–H groups in total. The van der Waals surface area contributed by atoms with Crippen molar-refractivity contribution in [3.05, 3.63) is 0 Å². The number of nitrogens with zero attached hydrogens (tertiary/aromatic N) is 1. The van der Waals surface area contributed by atoms with Gasteiger partial charge in [-0.05, 0) is 57.7 Å². The van der Waals surface area contributed by atoms with Crippen molar-refractivity contribution in [2.75, 3.05) is 39.3 Å². The SMILES string of the molecule is CC(C)CNCC1CCN(CC2(C)CCCO2)C1. The van der Waals surface area contributed by atoms with E-state index in [1.165, 1.54) is 38.9 Å². The van der Waals surface area contributed by atoms with Gasteiger partial charge in [0.1, 0.15) is 0 Å². The molecule has 0 aliphatic carbocycles. The van der Waals surface area contributed by atoms with Gasteiger partial charge < -0.3 is 15.0 Å². The van der Waals surface area contributed by atoms with Crippen LogP contribution >= 0.6 is 0 Å². The Hall–Kier alpha value is -0.120. The Morgan fingerprint density at radius 1 is 1.44 bits per heavy atom. The van der Waals surface area contributed by atoms with E-state index in [1.54, 1.807) is 0 Å². The van der Waals surface area contributed by atoms with Crippen molar-refractivity contribution in [1.82, 2.24) is 10.2 Å². The van der Waals surface area contributed by atoms with Gasteiger partial charge in [0.2, 0.25) is 0 Å². The number of nitrogens with one attached hydrogen (secondary N) is 1. The predicted molar refractivity (Wildman–Crippen MR) is 75.8 cm³/mol. The molecule has 0 bridgehead atoms. The van der Waals surface area contributed by atoms with Crippen LogP contribution in [0.3, 0.4) is 0 Å². The summed E-state index contributed by atoms with van der Waals surface area (Å²) in [5.74, 6) is 1.60. The minimum absolute atomic E-state index is 0.139. The van der Waals surface area contributed by atoms with Gasteiger partial charge in [-0.2, -0.15) is 0 Å². The van der Waals surface area contributed by atoms with E-state index < -0.39 is 0 Å². The topological polar surface area (TPSA) is 24.5 Å². The second-order valence-electron chi connectivity index (χ2n) is 6.84. The molecule has 2 rings (SSSR count). The van der Waals surface area contributed by atoms with Crippen LogP contribution in [0, 0.1) is 11.8 Å². The summed E-state index contributed by atoms with van der Waals surface area (Å²) in [6, 6.07) is 0. The first-order valence-corrected chi connectivity index (χ1v) is 7.64. The zero-order valence-corrected chi connectivity index (χ0v) is 12.4. The molecular weight excluding hydrogens is 224 g/mol. The second kappa shape index (κ2) is 6.36. The molecule has 0 spiro atoms. The van der Waals surface area contributed by atoms with Crippen molar-refractivity contribution in [2.24, 2.45) is 11.8 Å². The highest BCUT2D eigenvalue weighted by atomic mass is 16.5. The zero-order valence-electron chi connectivity index (χ0n) is 12.4. The Kier molecular flexibility index (Phi) is 5.05. The molecule has 0 amide bonds. The van der Waals surface area contributed by atoms with Crippen LogP contribution in [0.5, 0.6) is 0 Å². The first kappa shape index (κ1) is 14.3. The van der Waals surface area contributed by atoms with E-state index in [2.05, 4.69) is 31.0 Å². The number of hydrogen-bond acceptors (Lipinski definition) is 3. The molecule has 0 radical (unpaired) electrons. The summed E-state index contributed by atoms with van der Waals surface area (Å²) >= 11 is 0. The van der Waals surface area contributed by atoms with Gasteiger partial charge in [0, 0.05) is 19.7 Å². The Labute approximate surface area is 112 Å². The van der Waals surface area contributed by atoms with Crippen LogP contribution in [0.25, 0.3) is 0 Å². The van der Waals surface area contributed by atoms with Crippen LogP contribution in [0.4, 0.5) is 0 Å². The average molecular weight is 254 g/mol. The lowest BCUT2D eigenvalue weighted by atomic mass is 10.0. The number of rotatable bonds is 6. The van der Waals surface area contributed by atoms with Crippen molar-refractivity contribution in [3.8, 4) is 0 Å². The second-order valence-corrected chi connectivity index (χ2v) is 6.84. The van der Waals surface area contributed by atoms with Crippen LogP contribution in [-0.4, -0.2) is 49.8 Å². The van der Waals surface area contributed by atoms with Crippen LogP contribution in [0.15, 0.2) is 0 Å². The molecule has 3 heteroatoms. The first-order valence-electron chi connectivity index (χ1n) is 7.64. The van der Waals surface area contributed by atoms with Gasteiger partial charge in [0.05, 0.1) is 5.60 Å². The maximum atomic E-state index is 5.89. The fraction of sp³-hybridized carbons (Fsp3) is 1.00. The summed E-state index contributed by atoms with van der Waals surface area (Å²) in [7, 11) is 0. The van der Waals surface area contributed by atoms with Crippen molar-refractivity contribution < 1.29 is 4.74 Å². The average Bonchev–Trinajstić information content (AvgIpc) is 2.88. The third-order valence-corrected chi connectivity index (χ3v) is 4.21. The molecule has 2 aliphatic heterocycles. The standard InChI is InChI=1S/C15H30N2O/c1-13(2)9-16-10-14-5-7-17(11-14)12-15(3)6-4-8-18-15/h13-14,16H,4-12H2,1-3H3.